The van der Waals surface area contributed by atoms with Crippen molar-refractivity contribution in [3.63, 3.8) is 0 Å². The molecule has 8 heteroatoms. The number of aromatic nitrogens is 4. The van der Waals surface area contributed by atoms with E-state index in [1.54, 1.807) is 14.2 Å². The van der Waals surface area contributed by atoms with Gasteiger partial charge in [-0.05, 0) is 50.6 Å². The Labute approximate surface area is 203 Å². The molecule has 5 rings (SSSR count). The van der Waals surface area contributed by atoms with Gasteiger partial charge >= 0.3 is 0 Å². The number of para-hydroxylation sites is 2. The van der Waals surface area contributed by atoms with Gasteiger partial charge in [0, 0.05) is 11.5 Å². The van der Waals surface area contributed by atoms with E-state index in [9.17, 15) is 0 Å². The van der Waals surface area contributed by atoms with Crippen LogP contribution < -0.4 is 14.2 Å². The molecule has 0 spiro atoms. The monoisotopic (exact) mass is 470 g/mol. The fraction of sp³-hybridized carbons (Fsp3) is 0.222. The van der Waals surface area contributed by atoms with E-state index in [1.165, 1.54) is 0 Å². The second kappa shape index (κ2) is 9.13. The highest BCUT2D eigenvalue weighted by molar-refractivity contribution is 5.84. The third-order valence-corrected chi connectivity index (χ3v) is 5.87. The summed E-state index contributed by atoms with van der Waals surface area (Å²) in [6, 6.07) is 17.4. The number of rotatable bonds is 7. The summed E-state index contributed by atoms with van der Waals surface area (Å²) >= 11 is 0. The topological polar surface area (TPSA) is 84.4 Å². The van der Waals surface area contributed by atoms with Crippen LogP contribution in [0.2, 0.25) is 0 Å². The normalized spacial score (nSPS) is 11.1. The van der Waals surface area contributed by atoms with Crippen molar-refractivity contribution in [2.24, 2.45) is 0 Å². The van der Waals surface area contributed by atoms with Gasteiger partial charge in [0.05, 0.1) is 31.2 Å². The summed E-state index contributed by atoms with van der Waals surface area (Å²) in [5.74, 6) is 2.77. The molecule has 0 bridgehead atoms. The van der Waals surface area contributed by atoms with Gasteiger partial charge in [0.1, 0.15) is 18.1 Å². The number of benzene rings is 2. The Balaban J connectivity index is 1.45. The summed E-state index contributed by atoms with van der Waals surface area (Å²) in [5, 5.41) is 5.73. The number of nitrogens with zero attached hydrogens (tertiary/aromatic N) is 4. The second-order valence-corrected chi connectivity index (χ2v) is 8.16. The zero-order valence-corrected chi connectivity index (χ0v) is 20.3. The Bertz CT molecular complexity index is 1510. The van der Waals surface area contributed by atoms with Gasteiger partial charge in [0.15, 0.2) is 17.1 Å². The van der Waals surface area contributed by atoms with Crippen molar-refractivity contribution in [2.45, 2.75) is 27.4 Å². The van der Waals surface area contributed by atoms with E-state index in [2.05, 4.69) is 4.98 Å². The molecule has 0 saturated carbocycles. The standard InChI is InChI=1S/C27H26N4O4/c1-16-14-23(29-26-24(16)17(2)30-31(26)19-10-7-6-8-11-19)34-15-21-18(3)35-27(28-21)20-12-9-13-22(32-4)25(20)33-5/h6-14H,15H2,1-5H3. The Kier molecular flexibility index (Phi) is 5.86. The SMILES string of the molecule is COc1cccc(-c2nc(COc3cc(C)c4c(C)nn(-c5ccccc5)c4n3)c(C)o2)c1OC. The largest absolute Gasteiger partial charge is 0.493 e. The van der Waals surface area contributed by atoms with E-state index in [-0.39, 0.29) is 6.61 Å². The summed E-state index contributed by atoms with van der Waals surface area (Å²) < 4.78 is 24.8. The van der Waals surface area contributed by atoms with Crippen LogP contribution in [-0.4, -0.2) is 34.0 Å². The molecule has 35 heavy (non-hydrogen) atoms. The molecule has 3 heterocycles. The van der Waals surface area contributed by atoms with Crippen molar-refractivity contribution in [2.75, 3.05) is 14.2 Å². The van der Waals surface area contributed by atoms with E-state index < -0.39 is 0 Å². The number of ether oxygens (including phenoxy) is 3. The predicted octanol–water partition coefficient (Wildman–Crippen LogP) is 5.60. The summed E-state index contributed by atoms with van der Waals surface area (Å²) in [5.41, 5.74) is 5.05. The van der Waals surface area contributed by atoms with E-state index in [4.69, 9.17) is 28.7 Å². The molecule has 0 radical (unpaired) electrons. The number of aryl methyl sites for hydroxylation is 3. The van der Waals surface area contributed by atoms with Gasteiger partial charge in [-0.3, -0.25) is 0 Å². The minimum atomic E-state index is 0.206. The molecule has 0 aliphatic heterocycles. The minimum absolute atomic E-state index is 0.206. The highest BCUT2D eigenvalue weighted by atomic mass is 16.5. The zero-order chi connectivity index (χ0) is 24.5. The van der Waals surface area contributed by atoms with Crippen molar-refractivity contribution in [3.05, 3.63) is 77.3 Å². The smallest absolute Gasteiger partial charge is 0.230 e. The third-order valence-electron chi connectivity index (χ3n) is 5.87. The third kappa shape index (κ3) is 4.07. The number of pyridine rings is 1. The molecule has 3 aromatic heterocycles. The highest BCUT2D eigenvalue weighted by Crippen LogP contribution is 2.38. The lowest BCUT2D eigenvalue weighted by atomic mass is 10.2. The summed E-state index contributed by atoms with van der Waals surface area (Å²) in [4.78, 5) is 9.44. The van der Waals surface area contributed by atoms with Gasteiger partial charge in [0.25, 0.3) is 0 Å². The molecule has 0 saturated heterocycles. The van der Waals surface area contributed by atoms with Gasteiger partial charge in [-0.2, -0.15) is 10.1 Å². The van der Waals surface area contributed by atoms with Crippen LogP contribution in [0.3, 0.4) is 0 Å². The first-order valence-corrected chi connectivity index (χ1v) is 11.2. The molecule has 8 nitrogen and oxygen atoms in total. The quantitative estimate of drug-likeness (QED) is 0.306. The summed E-state index contributed by atoms with van der Waals surface area (Å²) in [7, 11) is 3.19. The number of methoxy groups -OCH3 is 2. The molecule has 178 valence electrons. The molecular formula is C27H26N4O4. The van der Waals surface area contributed by atoms with E-state index in [1.807, 2.05) is 80.1 Å². The molecule has 0 fully saturated rings. The van der Waals surface area contributed by atoms with Crippen LogP contribution in [0.5, 0.6) is 17.4 Å². The van der Waals surface area contributed by atoms with Crippen LogP contribution in [-0.2, 0) is 6.61 Å². The molecular weight excluding hydrogens is 444 g/mol. The maximum Gasteiger partial charge on any atom is 0.230 e. The van der Waals surface area contributed by atoms with Crippen molar-refractivity contribution in [1.29, 1.82) is 0 Å². The molecule has 2 aromatic carbocycles. The van der Waals surface area contributed by atoms with E-state index in [0.29, 0.717) is 40.3 Å². The molecule has 0 amide bonds. The second-order valence-electron chi connectivity index (χ2n) is 8.16. The van der Waals surface area contributed by atoms with Gasteiger partial charge in [0.2, 0.25) is 11.8 Å². The predicted molar refractivity (Wildman–Crippen MR) is 132 cm³/mol. The van der Waals surface area contributed by atoms with Crippen molar-refractivity contribution < 1.29 is 18.6 Å². The number of hydrogen-bond donors (Lipinski definition) is 0. The summed E-state index contributed by atoms with van der Waals surface area (Å²) in [6.45, 7) is 6.09. The lowest BCUT2D eigenvalue weighted by Gasteiger charge is -2.10. The van der Waals surface area contributed by atoms with Crippen LogP contribution in [0.1, 0.15) is 22.7 Å². The van der Waals surface area contributed by atoms with E-state index in [0.717, 1.165) is 28.0 Å². The van der Waals surface area contributed by atoms with Crippen LogP contribution in [0.25, 0.3) is 28.2 Å². The lowest BCUT2D eigenvalue weighted by molar-refractivity contribution is 0.288. The van der Waals surface area contributed by atoms with Crippen LogP contribution in [0.4, 0.5) is 0 Å². The van der Waals surface area contributed by atoms with Crippen LogP contribution >= 0.6 is 0 Å². The molecule has 0 atom stereocenters. The minimum Gasteiger partial charge on any atom is -0.493 e. The van der Waals surface area contributed by atoms with Crippen molar-refractivity contribution >= 4 is 11.0 Å². The molecule has 0 aliphatic rings. The molecule has 0 N–H and O–H groups in total. The van der Waals surface area contributed by atoms with Gasteiger partial charge in [-0.1, -0.05) is 24.3 Å². The Hall–Kier alpha value is -4.33. The average molecular weight is 471 g/mol. The maximum atomic E-state index is 6.08. The molecule has 5 aromatic rings. The fourth-order valence-electron chi connectivity index (χ4n) is 4.17. The van der Waals surface area contributed by atoms with Gasteiger partial charge in [-0.15, -0.1) is 0 Å². The summed E-state index contributed by atoms with van der Waals surface area (Å²) in [6.07, 6.45) is 0. The van der Waals surface area contributed by atoms with Crippen molar-refractivity contribution in [1.82, 2.24) is 19.7 Å². The average Bonchev–Trinajstić information content (AvgIpc) is 3.42. The van der Waals surface area contributed by atoms with Crippen LogP contribution in [0.15, 0.2) is 59.0 Å². The van der Waals surface area contributed by atoms with E-state index >= 15 is 0 Å². The Morgan fingerprint density at radius 3 is 2.46 bits per heavy atom. The van der Waals surface area contributed by atoms with Gasteiger partial charge in [-0.25, -0.2) is 9.67 Å². The maximum absolute atomic E-state index is 6.08. The first-order chi connectivity index (χ1) is 17.0. The first-order valence-electron chi connectivity index (χ1n) is 11.2. The Morgan fingerprint density at radius 1 is 0.914 bits per heavy atom. The lowest BCUT2D eigenvalue weighted by Crippen LogP contribution is -2.02. The number of oxazole rings is 1. The highest BCUT2D eigenvalue weighted by Gasteiger charge is 2.19. The zero-order valence-electron chi connectivity index (χ0n) is 20.3. The van der Waals surface area contributed by atoms with Crippen molar-refractivity contribution in [3.8, 4) is 34.5 Å². The number of hydrogen-bond acceptors (Lipinski definition) is 7. The Morgan fingerprint density at radius 2 is 1.71 bits per heavy atom. The number of fused-ring (bicyclic) bond motifs is 1. The van der Waals surface area contributed by atoms with Gasteiger partial charge < -0.3 is 18.6 Å². The first kappa shape index (κ1) is 22.5. The van der Waals surface area contributed by atoms with Crippen LogP contribution in [0, 0.1) is 20.8 Å². The molecule has 0 unspecified atom stereocenters. The molecule has 0 aliphatic carbocycles. The fourth-order valence-corrected chi connectivity index (χ4v) is 4.17.